The van der Waals surface area contributed by atoms with Crippen molar-refractivity contribution in [1.82, 2.24) is 0 Å². The molecule has 0 N–H and O–H groups in total. The van der Waals surface area contributed by atoms with Crippen molar-refractivity contribution in [1.29, 1.82) is 0 Å². The van der Waals surface area contributed by atoms with Crippen molar-refractivity contribution in [3.8, 4) is 0 Å². The standard InChI is InChI=1S/C15H15ClO3.C2H6/c1-9-6-7-10(11(16)8-9)15(18)14-12(17)4-3-5-13(14)19-2;1-2/h6-8H,3-5H2,1-2H3;1-2H3. The molecule has 0 heterocycles. The van der Waals surface area contributed by atoms with Gasteiger partial charge in [-0.15, -0.1) is 0 Å². The van der Waals surface area contributed by atoms with E-state index in [0.29, 0.717) is 29.2 Å². The van der Waals surface area contributed by atoms with E-state index in [9.17, 15) is 9.59 Å². The Kier molecular flexibility index (Phi) is 6.63. The minimum atomic E-state index is -0.341. The van der Waals surface area contributed by atoms with Crippen molar-refractivity contribution >= 4 is 23.2 Å². The summed E-state index contributed by atoms with van der Waals surface area (Å²) in [6.45, 7) is 5.89. The number of Topliss-reactive ketones (excluding diaryl/α,β-unsaturated/α-hetero) is 2. The van der Waals surface area contributed by atoms with E-state index in [4.69, 9.17) is 16.3 Å². The van der Waals surface area contributed by atoms with Gasteiger partial charge in [-0.05, 0) is 31.0 Å². The van der Waals surface area contributed by atoms with Crippen LogP contribution in [0.1, 0.15) is 49.0 Å². The molecule has 0 amide bonds. The molecule has 0 aromatic heterocycles. The van der Waals surface area contributed by atoms with Gasteiger partial charge in [-0.25, -0.2) is 0 Å². The van der Waals surface area contributed by atoms with Crippen LogP contribution < -0.4 is 0 Å². The number of hydrogen-bond acceptors (Lipinski definition) is 3. The molecule has 1 aromatic carbocycles. The predicted octanol–water partition coefficient (Wildman–Crippen LogP) is 4.51. The predicted molar refractivity (Wildman–Crippen MR) is 84.8 cm³/mol. The minimum Gasteiger partial charge on any atom is -0.500 e. The molecule has 0 aliphatic heterocycles. The molecule has 1 aliphatic carbocycles. The molecule has 114 valence electrons. The quantitative estimate of drug-likeness (QED) is 0.609. The average Bonchev–Trinajstić information content (AvgIpc) is 2.48. The second-order valence-corrected chi connectivity index (χ2v) is 5.00. The molecule has 0 fully saturated rings. The monoisotopic (exact) mass is 308 g/mol. The fraction of sp³-hybridized carbons (Fsp3) is 0.412. The Morgan fingerprint density at radius 1 is 1.24 bits per heavy atom. The largest absolute Gasteiger partial charge is 0.500 e. The normalized spacial score (nSPS) is 14.4. The lowest BCUT2D eigenvalue weighted by molar-refractivity contribution is -0.116. The number of hydrogen-bond donors (Lipinski definition) is 0. The minimum absolute atomic E-state index is 0.152. The molecule has 2 rings (SSSR count). The Morgan fingerprint density at radius 2 is 1.90 bits per heavy atom. The molecule has 4 heteroatoms. The molecule has 0 radical (unpaired) electrons. The summed E-state index contributed by atoms with van der Waals surface area (Å²) in [5.74, 6) is -0.0332. The summed E-state index contributed by atoms with van der Waals surface area (Å²) in [6, 6.07) is 5.18. The van der Waals surface area contributed by atoms with Crippen LogP contribution in [-0.4, -0.2) is 18.7 Å². The van der Waals surface area contributed by atoms with Gasteiger partial charge in [0.25, 0.3) is 0 Å². The topological polar surface area (TPSA) is 43.4 Å². The van der Waals surface area contributed by atoms with Crippen LogP contribution in [0.5, 0.6) is 0 Å². The van der Waals surface area contributed by atoms with Gasteiger partial charge in [0.1, 0.15) is 11.3 Å². The van der Waals surface area contributed by atoms with Gasteiger partial charge in [-0.1, -0.05) is 31.5 Å². The molecule has 1 aliphatic rings. The zero-order valence-corrected chi connectivity index (χ0v) is 13.7. The second kappa shape index (κ2) is 7.99. The van der Waals surface area contributed by atoms with Gasteiger partial charge >= 0.3 is 0 Å². The number of carbonyl (C=O) groups is 2. The second-order valence-electron chi connectivity index (χ2n) is 4.59. The number of aryl methyl sites for hydroxylation is 1. The lowest BCUT2D eigenvalue weighted by atomic mass is 9.90. The van der Waals surface area contributed by atoms with Crippen molar-refractivity contribution < 1.29 is 14.3 Å². The molecule has 0 saturated heterocycles. The van der Waals surface area contributed by atoms with E-state index in [0.717, 1.165) is 12.0 Å². The van der Waals surface area contributed by atoms with Crippen LogP contribution >= 0.6 is 11.6 Å². The Labute approximate surface area is 130 Å². The summed E-state index contributed by atoms with van der Waals surface area (Å²) in [5.41, 5.74) is 1.48. The fourth-order valence-corrected chi connectivity index (χ4v) is 2.53. The summed E-state index contributed by atoms with van der Waals surface area (Å²) in [5, 5.41) is 0.367. The summed E-state index contributed by atoms with van der Waals surface area (Å²) in [7, 11) is 1.48. The zero-order chi connectivity index (χ0) is 16.0. The number of rotatable bonds is 3. The number of methoxy groups -OCH3 is 1. The third-order valence-corrected chi connectivity index (χ3v) is 3.52. The van der Waals surface area contributed by atoms with Crippen molar-refractivity contribution in [2.24, 2.45) is 0 Å². The van der Waals surface area contributed by atoms with E-state index in [1.165, 1.54) is 7.11 Å². The van der Waals surface area contributed by atoms with Crippen molar-refractivity contribution in [3.05, 3.63) is 45.7 Å². The van der Waals surface area contributed by atoms with Gasteiger partial charge in [0, 0.05) is 18.4 Å². The third-order valence-electron chi connectivity index (χ3n) is 3.21. The van der Waals surface area contributed by atoms with E-state index >= 15 is 0 Å². The summed E-state index contributed by atoms with van der Waals surface area (Å²) < 4.78 is 5.18. The van der Waals surface area contributed by atoms with Gasteiger partial charge in [0.15, 0.2) is 5.78 Å². The Morgan fingerprint density at radius 3 is 2.48 bits per heavy atom. The molecule has 21 heavy (non-hydrogen) atoms. The number of allylic oxidation sites excluding steroid dienone is 2. The molecule has 3 nitrogen and oxygen atoms in total. The maximum atomic E-state index is 12.5. The van der Waals surface area contributed by atoms with Crippen molar-refractivity contribution in [2.75, 3.05) is 7.11 Å². The first kappa shape index (κ1) is 17.4. The van der Waals surface area contributed by atoms with Crippen LogP contribution in [0.3, 0.4) is 0 Å². The third kappa shape index (κ3) is 3.94. The molecular weight excluding hydrogens is 288 g/mol. The first-order valence-corrected chi connectivity index (χ1v) is 7.53. The van der Waals surface area contributed by atoms with E-state index < -0.39 is 0 Å². The van der Waals surface area contributed by atoms with E-state index in [2.05, 4.69) is 0 Å². The number of halogens is 1. The van der Waals surface area contributed by atoms with Crippen LogP contribution in [0, 0.1) is 6.92 Å². The van der Waals surface area contributed by atoms with Crippen molar-refractivity contribution in [2.45, 2.75) is 40.0 Å². The van der Waals surface area contributed by atoms with Gasteiger partial charge in [-0.2, -0.15) is 0 Å². The van der Waals surface area contributed by atoms with Gasteiger partial charge in [0.2, 0.25) is 5.78 Å². The first-order chi connectivity index (χ1) is 10.0. The fourth-order valence-electron chi connectivity index (χ4n) is 2.21. The smallest absolute Gasteiger partial charge is 0.201 e. The number of ether oxygens (including phenoxy) is 1. The lowest BCUT2D eigenvalue weighted by Gasteiger charge is -2.17. The SMILES string of the molecule is CC.COC1=C(C(=O)c2ccc(C)cc2Cl)C(=O)CCC1. The summed E-state index contributed by atoms with van der Waals surface area (Å²) in [6.07, 6.45) is 1.73. The maximum absolute atomic E-state index is 12.5. The maximum Gasteiger partial charge on any atom is 0.201 e. The molecule has 0 unspecified atom stereocenters. The number of benzene rings is 1. The molecule has 0 bridgehead atoms. The summed E-state index contributed by atoms with van der Waals surface area (Å²) in [4.78, 5) is 24.4. The van der Waals surface area contributed by atoms with Crippen LogP contribution in [0.2, 0.25) is 5.02 Å². The average molecular weight is 309 g/mol. The Bertz CT molecular complexity index is 573. The molecule has 0 spiro atoms. The van der Waals surface area contributed by atoms with Crippen molar-refractivity contribution in [3.63, 3.8) is 0 Å². The van der Waals surface area contributed by atoms with Crippen LogP contribution in [0.25, 0.3) is 0 Å². The van der Waals surface area contributed by atoms with Gasteiger partial charge in [0.05, 0.1) is 12.1 Å². The van der Waals surface area contributed by atoms with Crippen LogP contribution in [0.15, 0.2) is 29.5 Å². The molecular formula is C17H21ClO3. The highest BCUT2D eigenvalue weighted by Crippen LogP contribution is 2.28. The van der Waals surface area contributed by atoms with E-state index in [-0.39, 0.29) is 17.1 Å². The molecule has 1 aromatic rings. The molecule has 0 saturated carbocycles. The van der Waals surface area contributed by atoms with Crippen LogP contribution in [-0.2, 0) is 9.53 Å². The Balaban J connectivity index is 0.00000106. The van der Waals surface area contributed by atoms with Gasteiger partial charge < -0.3 is 4.74 Å². The van der Waals surface area contributed by atoms with E-state index in [1.54, 1.807) is 18.2 Å². The van der Waals surface area contributed by atoms with E-state index in [1.807, 2.05) is 20.8 Å². The highest BCUT2D eigenvalue weighted by molar-refractivity contribution is 6.37. The first-order valence-electron chi connectivity index (χ1n) is 7.15. The highest BCUT2D eigenvalue weighted by Gasteiger charge is 2.29. The lowest BCUT2D eigenvalue weighted by Crippen LogP contribution is -2.20. The summed E-state index contributed by atoms with van der Waals surface area (Å²) >= 11 is 6.09. The van der Waals surface area contributed by atoms with Gasteiger partial charge in [-0.3, -0.25) is 9.59 Å². The molecule has 0 atom stereocenters. The number of ketones is 2. The highest BCUT2D eigenvalue weighted by atomic mass is 35.5. The zero-order valence-electron chi connectivity index (χ0n) is 13.0. The van der Waals surface area contributed by atoms with Crippen LogP contribution in [0.4, 0.5) is 0 Å². The number of carbonyl (C=O) groups excluding carboxylic acids is 2. The Hall–Kier alpha value is -1.61.